The summed E-state index contributed by atoms with van der Waals surface area (Å²) in [5, 5.41) is 6.81. The Kier molecular flexibility index (Phi) is 4.75. The van der Waals surface area contributed by atoms with Gasteiger partial charge >= 0.3 is 0 Å². The highest BCUT2D eigenvalue weighted by molar-refractivity contribution is 7.09. The van der Waals surface area contributed by atoms with Crippen LogP contribution in [0.25, 0.3) is 0 Å². The maximum atomic E-state index is 5.67. The first-order valence-electron chi connectivity index (χ1n) is 6.14. The van der Waals surface area contributed by atoms with E-state index in [1.807, 2.05) is 0 Å². The van der Waals surface area contributed by atoms with Crippen molar-refractivity contribution in [2.45, 2.75) is 38.7 Å². The second-order valence-corrected chi connectivity index (χ2v) is 5.16. The zero-order valence-electron chi connectivity index (χ0n) is 9.87. The number of hydrogen-bond donors (Lipinski definition) is 1. The SMILES string of the molecule is CCCc1csc(CCC2CNCCO2)n1. The lowest BCUT2D eigenvalue weighted by Gasteiger charge is -2.23. The van der Waals surface area contributed by atoms with Gasteiger partial charge in [-0.2, -0.15) is 0 Å². The Morgan fingerprint density at radius 1 is 1.56 bits per heavy atom. The van der Waals surface area contributed by atoms with Crippen LogP contribution in [0.2, 0.25) is 0 Å². The summed E-state index contributed by atoms with van der Waals surface area (Å²) in [7, 11) is 0. The second kappa shape index (κ2) is 6.33. The van der Waals surface area contributed by atoms with Gasteiger partial charge in [-0.25, -0.2) is 4.98 Å². The molecule has 0 bridgehead atoms. The van der Waals surface area contributed by atoms with E-state index < -0.39 is 0 Å². The fourth-order valence-corrected chi connectivity index (χ4v) is 2.77. The molecular weight excluding hydrogens is 220 g/mol. The van der Waals surface area contributed by atoms with E-state index in [1.54, 1.807) is 11.3 Å². The van der Waals surface area contributed by atoms with Gasteiger partial charge in [0, 0.05) is 24.9 Å². The smallest absolute Gasteiger partial charge is 0.0929 e. The quantitative estimate of drug-likeness (QED) is 0.855. The van der Waals surface area contributed by atoms with Crippen LogP contribution in [0.3, 0.4) is 0 Å². The molecule has 90 valence electrons. The van der Waals surface area contributed by atoms with Crippen LogP contribution in [0.5, 0.6) is 0 Å². The number of morpholine rings is 1. The summed E-state index contributed by atoms with van der Waals surface area (Å²) in [6.07, 6.45) is 4.82. The van der Waals surface area contributed by atoms with E-state index in [1.165, 1.54) is 17.1 Å². The topological polar surface area (TPSA) is 34.1 Å². The third kappa shape index (κ3) is 3.54. The van der Waals surface area contributed by atoms with Crippen LogP contribution in [0.15, 0.2) is 5.38 Å². The van der Waals surface area contributed by atoms with Crippen LogP contribution in [-0.2, 0) is 17.6 Å². The van der Waals surface area contributed by atoms with Crippen LogP contribution in [0, 0.1) is 0 Å². The van der Waals surface area contributed by atoms with E-state index >= 15 is 0 Å². The monoisotopic (exact) mass is 240 g/mol. The molecule has 1 aliphatic rings. The standard InChI is InChI=1S/C12H20N2OS/c1-2-3-10-9-16-12(14-10)5-4-11-8-13-6-7-15-11/h9,11,13H,2-8H2,1H3. The molecule has 1 aliphatic heterocycles. The first-order valence-corrected chi connectivity index (χ1v) is 7.02. The van der Waals surface area contributed by atoms with Crippen LogP contribution in [0.1, 0.15) is 30.5 Å². The number of thiazole rings is 1. The molecule has 0 aliphatic carbocycles. The molecule has 1 unspecified atom stereocenters. The molecule has 0 saturated carbocycles. The highest BCUT2D eigenvalue weighted by Crippen LogP contribution is 2.15. The van der Waals surface area contributed by atoms with Gasteiger partial charge in [0.15, 0.2) is 0 Å². The van der Waals surface area contributed by atoms with Crippen LogP contribution in [0.4, 0.5) is 0 Å². The largest absolute Gasteiger partial charge is 0.376 e. The van der Waals surface area contributed by atoms with Crippen molar-refractivity contribution in [3.63, 3.8) is 0 Å². The Hall–Kier alpha value is -0.450. The molecule has 1 saturated heterocycles. The Morgan fingerprint density at radius 2 is 2.50 bits per heavy atom. The molecule has 0 radical (unpaired) electrons. The zero-order valence-corrected chi connectivity index (χ0v) is 10.7. The Morgan fingerprint density at radius 3 is 3.25 bits per heavy atom. The van der Waals surface area contributed by atoms with Gasteiger partial charge in [0.1, 0.15) is 0 Å². The van der Waals surface area contributed by atoms with Crippen molar-refractivity contribution in [1.82, 2.24) is 10.3 Å². The molecule has 2 rings (SSSR count). The zero-order chi connectivity index (χ0) is 11.2. The number of rotatable bonds is 5. The summed E-state index contributed by atoms with van der Waals surface area (Å²) in [6.45, 7) is 5.03. The van der Waals surface area contributed by atoms with Crippen LogP contribution in [-0.4, -0.2) is 30.8 Å². The van der Waals surface area contributed by atoms with Gasteiger partial charge in [0.05, 0.1) is 23.4 Å². The predicted molar refractivity (Wildman–Crippen MR) is 67.0 cm³/mol. The third-order valence-electron chi connectivity index (χ3n) is 2.79. The molecule has 0 spiro atoms. The molecule has 1 aromatic rings. The van der Waals surface area contributed by atoms with Crippen molar-refractivity contribution in [3.05, 3.63) is 16.1 Å². The average molecular weight is 240 g/mol. The van der Waals surface area contributed by atoms with Gasteiger partial charge in [-0.3, -0.25) is 0 Å². The van der Waals surface area contributed by atoms with E-state index in [2.05, 4.69) is 22.6 Å². The van der Waals surface area contributed by atoms with Gasteiger partial charge < -0.3 is 10.1 Å². The number of nitrogens with zero attached hydrogens (tertiary/aromatic N) is 1. The van der Waals surface area contributed by atoms with Crippen molar-refractivity contribution in [3.8, 4) is 0 Å². The lowest BCUT2D eigenvalue weighted by molar-refractivity contribution is 0.0238. The van der Waals surface area contributed by atoms with Crippen molar-refractivity contribution < 1.29 is 4.74 Å². The fourth-order valence-electron chi connectivity index (χ4n) is 1.92. The van der Waals surface area contributed by atoms with Crippen molar-refractivity contribution in [2.75, 3.05) is 19.7 Å². The van der Waals surface area contributed by atoms with Gasteiger partial charge in [-0.05, 0) is 12.8 Å². The molecule has 0 amide bonds. The number of aromatic nitrogens is 1. The highest BCUT2D eigenvalue weighted by atomic mass is 32.1. The summed E-state index contributed by atoms with van der Waals surface area (Å²) in [5.74, 6) is 0. The number of nitrogens with one attached hydrogen (secondary N) is 1. The van der Waals surface area contributed by atoms with Gasteiger partial charge in [0.25, 0.3) is 0 Å². The normalized spacial score (nSPS) is 21.2. The van der Waals surface area contributed by atoms with Gasteiger partial charge in [-0.1, -0.05) is 13.3 Å². The van der Waals surface area contributed by atoms with E-state index in [0.717, 1.165) is 39.0 Å². The summed E-state index contributed by atoms with van der Waals surface area (Å²) >= 11 is 1.79. The van der Waals surface area contributed by atoms with E-state index in [4.69, 9.17) is 4.74 Å². The molecule has 1 atom stereocenters. The number of aryl methyl sites for hydroxylation is 2. The lowest BCUT2D eigenvalue weighted by Crippen LogP contribution is -2.38. The Bertz CT molecular complexity index is 308. The molecule has 16 heavy (non-hydrogen) atoms. The maximum Gasteiger partial charge on any atom is 0.0929 e. The number of hydrogen-bond acceptors (Lipinski definition) is 4. The summed E-state index contributed by atoms with van der Waals surface area (Å²) < 4.78 is 5.67. The predicted octanol–water partition coefficient (Wildman–Crippen LogP) is 2.02. The summed E-state index contributed by atoms with van der Waals surface area (Å²) in [5.41, 5.74) is 1.25. The van der Waals surface area contributed by atoms with Gasteiger partial charge in [0.2, 0.25) is 0 Å². The number of ether oxygens (including phenoxy) is 1. The average Bonchev–Trinajstić information content (AvgIpc) is 2.76. The van der Waals surface area contributed by atoms with E-state index in [0.29, 0.717) is 6.10 Å². The molecule has 4 heteroatoms. The molecule has 1 aromatic heterocycles. The lowest BCUT2D eigenvalue weighted by atomic mass is 10.2. The highest BCUT2D eigenvalue weighted by Gasteiger charge is 2.13. The van der Waals surface area contributed by atoms with E-state index in [-0.39, 0.29) is 0 Å². The molecule has 0 aromatic carbocycles. The molecule has 1 N–H and O–H groups in total. The molecule has 2 heterocycles. The van der Waals surface area contributed by atoms with Crippen molar-refractivity contribution in [1.29, 1.82) is 0 Å². The fraction of sp³-hybridized carbons (Fsp3) is 0.750. The molecule has 3 nitrogen and oxygen atoms in total. The Labute approximate surface area is 101 Å². The molecule has 1 fully saturated rings. The van der Waals surface area contributed by atoms with Crippen molar-refractivity contribution >= 4 is 11.3 Å². The second-order valence-electron chi connectivity index (χ2n) is 4.22. The minimum atomic E-state index is 0.382. The maximum absolute atomic E-state index is 5.67. The summed E-state index contributed by atoms with van der Waals surface area (Å²) in [6, 6.07) is 0. The molecular formula is C12H20N2OS. The van der Waals surface area contributed by atoms with Crippen LogP contribution < -0.4 is 5.32 Å². The van der Waals surface area contributed by atoms with Crippen molar-refractivity contribution in [2.24, 2.45) is 0 Å². The minimum absolute atomic E-state index is 0.382. The first-order chi connectivity index (χ1) is 7.88. The first kappa shape index (κ1) is 12.0. The third-order valence-corrected chi connectivity index (χ3v) is 3.75. The Balaban J connectivity index is 1.75. The summed E-state index contributed by atoms with van der Waals surface area (Å²) in [4.78, 5) is 4.63. The van der Waals surface area contributed by atoms with E-state index in [9.17, 15) is 0 Å². The minimum Gasteiger partial charge on any atom is -0.376 e. The van der Waals surface area contributed by atoms with Gasteiger partial charge in [-0.15, -0.1) is 11.3 Å². The van der Waals surface area contributed by atoms with Crippen LogP contribution >= 0.6 is 11.3 Å².